The van der Waals surface area contributed by atoms with Gasteiger partial charge in [-0.25, -0.2) is 0 Å². The number of rotatable bonds is 2. The fourth-order valence-electron chi connectivity index (χ4n) is 4.78. The van der Waals surface area contributed by atoms with Crippen LogP contribution in [0.3, 0.4) is 0 Å². The van der Waals surface area contributed by atoms with Crippen molar-refractivity contribution < 1.29 is 9.53 Å². The smallest absolute Gasteiger partial charge is 0.302 e. The third-order valence-electron chi connectivity index (χ3n) is 6.20. The van der Waals surface area contributed by atoms with Crippen LogP contribution in [0.4, 0.5) is 0 Å². The molecule has 0 fully saturated rings. The molecule has 0 aromatic heterocycles. The molecule has 0 saturated heterocycles. The Bertz CT molecular complexity index is 1640. The topological polar surface area (TPSA) is 26.3 Å². The summed E-state index contributed by atoms with van der Waals surface area (Å²) in [5.41, 5.74) is 0.997. The van der Waals surface area contributed by atoms with Crippen molar-refractivity contribution in [1.29, 1.82) is 0 Å². The number of ether oxygens (including phenoxy) is 1. The monoisotopic (exact) mass is 400 g/mol. The van der Waals surface area contributed by atoms with Gasteiger partial charge >= 0.3 is 5.97 Å². The lowest BCUT2D eigenvalue weighted by molar-refractivity contribution is -0.142. The van der Waals surface area contributed by atoms with Crippen LogP contribution in [-0.4, -0.2) is 5.97 Å². The standard InChI is InChI=1S/C29H20O2/c1-18(30)31-17-19-6-7-21-9-11-23-13-15-24-14-12-22-10-8-20-4-2-3-5-25(20)27(22)29(24)28(23)26(21)16-19/h2-16H,17H2,1H3. The average molecular weight is 400 g/mol. The van der Waals surface area contributed by atoms with Crippen molar-refractivity contribution in [1.82, 2.24) is 0 Å². The van der Waals surface area contributed by atoms with Crippen molar-refractivity contribution in [3.8, 4) is 0 Å². The Kier molecular flexibility index (Phi) is 3.94. The van der Waals surface area contributed by atoms with Gasteiger partial charge < -0.3 is 4.74 Å². The van der Waals surface area contributed by atoms with E-state index in [1.165, 1.54) is 60.8 Å². The molecule has 0 aliphatic rings. The summed E-state index contributed by atoms with van der Waals surface area (Å²) in [6.45, 7) is 1.73. The first-order valence-corrected chi connectivity index (χ1v) is 10.5. The average Bonchev–Trinajstić information content (AvgIpc) is 2.81. The fourth-order valence-corrected chi connectivity index (χ4v) is 4.78. The minimum Gasteiger partial charge on any atom is -0.461 e. The number of hydrogen-bond donors (Lipinski definition) is 0. The maximum absolute atomic E-state index is 11.3. The largest absolute Gasteiger partial charge is 0.461 e. The summed E-state index contributed by atoms with van der Waals surface area (Å²) in [5, 5.41) is 12.4. The fraction of sp³-hybridized carbons (Fsp3) is 0.0690. The Balaban J connectivity index is 1.82. The van der Waals surface area contributed by atoms with Crippen LogP contribution >= 0.6 is 0 Å². The Morgan fingerprint density at radius 1 is 0.613 bits per heavy atom. The number of esters is 1. The third-order valence-corrected chi connectivity index (χ3v) is 6.20. The quantitative estimate of drug-likeness (QED) is 0.222. The Hall–Kier alpha value is -3.91. The summed E-state index contributed by atoms with van der Waals surface area (Å²) < 4.78 is 5.27. The maximum Gasteiger partial charge on any atom is 0.302 e. The van der Waals surface area contributed by atoms with Crippen molar-refractivity contribution in [3.05, 3.63) is 96.6 Å². The number of carbonyl (C=O) groups is 1. The van der Waals surface area contributed by atoms with Gasteiger partial charge in [-0.1, -0.05) is 84.9 Å². The molecule has 0 atom stereocenters. The molecule has 0 radical (unpaired) electrons. The van der Waals surface area contributed by atoms with E-state index in [0.717, 1.165) is 5.56 Å². The molecule has 148 valence electrons. The van der Waals surface area contributed by atoms with Gasteiger partial charge in [0.1, 0.15) is 6.61 Å². The minimum atomic E-state index is -0.263. The lowest BCUT2D eigenvalue weighted by Crippen LogP contribution is -1.98. The molecule has 0 amide bonds. The van der Waals surface area contributed by atoms with Crippen LogP contribution in [-0.2, 0) is 16.1 Å². The van der Waals surface area contributed by atoms with E-state index in [-0.39, 0.29) is 12.6 Å². The van der Waals surface area contributed by atoms with Gasteiger partial charge in [0.05, 0.1) is 0 Å². The molecular weight excluding hydrogens is 380 g/mol. The van der Waals surface area contributed by atoms with E-state index in [2.05, 4.69) is 84.9 Å². The summed E-state index contributed by atoms with van der Waals surface area (Å²) in [4.78, 5) is 11.3. The molecule has 0 aliphatic carbocycles. The van der Waals surface area contributed by atoms with Gasteiger partial charge in [-0.3, -0.25) is 4.79 Å². The lowest BCUT2D eigenvalue weighted by Gasteiger charge is -2.14. The highest BCUT2D eigenvalue weighted by Gasteiger charge is 2.12. The summed E-state index contributed by atoms with van der Waals surface area (Å²) in [5.74, 6) is -0.263. The number of hydrogen-bond acceptors (Lipinski definition) is 2. The first-order chi connectivity index (χ1) is 15.2. The third kappa shape index (κ3) is 2.83. The van der Waals surface area contributed by atoms with E-state index < -0.39 is 0 Å². The molecule has 0 N–H and O–H groups in total. The van der Waals surface area contributed by atoms with Crippen LogP contribution in [0.1, 0.15) is 12.5 Å². The van der Waals surface area contributed by atoms with Crippen LogP contribution < -0.4 is 0 Å². The Morgan fingerprint density at radius 2 is 1.13 bits per heavy atom. The summed E-state index contributed by atoms with van der Waals surface area (Å²) in [7, 11) is 0. The second kappa shape index (κ2) is 6.82. The van der Waals surface area contributed by atoms with Crippen molar-refractivity contribution in [2.45, 2.75) is 13.5 Å². The molecule has 6 aromatic rings. The highest BCUT2D eigenvalue weighted by atomic mass is 16.5. The molecule has 0 aliphatic heterocycles. The summed E-state index contributed by atoms with van der Waals surface area (Å²) in [6.07, 6.45) is 0. The van der Waals surface area contributed by atoms with E-state index in [4.69, 9.17) is 4.74 Å². The molecule has 0 saturated carbocycles. The van der Waals surface area contributed by atoms with Crippen LogP contribution in [0.15, 0.2) is 91.0 Å². The second-order valence-corrected chi connectivity index (χ2v) is 8.11. The highest BCUT2D eigenvalue weighted by Crippen LogP contribution is 2.39. The number of fused-ring (bicyclic) bond motifs is 9. The normalized spacial score (nSPS) is 11.6. The molecule has 0 bridgehead atoms. The van der Waals surface area contributed by atoms with Gasteiger partial charge in [0.15, 0.2) is 0 Å². The minimum absolute atomic E-state index is 0.263. The van der Waals surface area contributed by atoms with E-state index >= 15 is 0 Å². The Morgan fingerprint density at radius 3 is 1.81 bits per heavy atom. The van der Waals surface area contributed by atoms with Gasteiger partial charge in [0.25, 0.3) is 0 Å². The molecule has 6 aromatic carbocycles. The van der Waals surface area contributed by atoms with Gasteiger partial charge in [-0.05, 0) is 65.5 Å². The molecule has 0 heterocycles. The van der Waals surface area contributed by atoms with Crippen LogP contribution in [0.25, 0.3) is 53.9 Å². The van der Waals surface area contributed by atoms with E-state index in [1.54, 1.807) is 0 Å². The van der Waals surface area contributed by atoms with Crippen molar-refractivity contribution in [2.75, 3.05) is 0 Å². The molecular formula is C29H20O2. The zero-order valence-electron chi connectivity index (χ0n) is 17.2. The molecule has 0 unspecified atom stereocenters. The second-order valence-electron chi connectivity index (χ2n) is 8.11. The van der Waals surface area contributed by atoms with Gasteiger partial charge in [0.2, 0.25) is 0 Å². The predicted octanol–water partition coefficient (Wildman–Crippen LogP) is 7.52. The van der Waals surface area contributed by atoms with Crippen LogP contribution in [0.5, 0.6) is 0 Å². The van der Waals surface area contributed by atoms with E-state index in [0.29, 0.717) is 0 Å². The lowest BCUT2D eigenvalue weighted by atomic mass is 9.90. The van der Waals surface area contributed by atoms with Gasteiger partial charge in [-0.15, -0.1) is 0 Å². The van der Waals surface area contributed by atoms with Crippen molar-refractivity contribution in [3.63, 3.8) is 0 Å². The molecule has 31 heavy (non-hydrogen) atoms. The van der Waals surface area contributed by atoms with Crippen LogP contribution in [0, 0.1) is 0 Å². The van der Waals surface area contributed by atoms with Crippen molar-refractivity contribution in [2.24, 2.45) is 0 Å². The predicted molar refractivity (Wildman–Crippen MR) is 129 cm³/mol. The van der Waals surface area contributed by atoms with Crippen molar-refractivity contribution >= 4 is 59.8 Å². The zero-order valence-corrected chi connectivity index (χ0v) is 17.2. The van der Waals surface area contributed by atoms with E-state index in [9.17, 15) is 4.79 Å². The van der Waals surface area contributed by atoms with Gasteiger partial charge in [-0.2, -0.15) is 0 Å². The molecule has 2 heteroatoms. The molecule has 0 spiro atoms. The number of carbonyl (C=O) groups excluding carboxylic acids is 1. The Labute approximate surface area is 179 Å². The van der Waals surface area contributed by atoms with Crippen LogP contribution in [0.2, 0.25) is 0 Å². The maximum atomic E-state index is 11.3. The first-order valence-electron chi connectivity index (χ1n) is 10.5. The first kappa shape index (κ1) is 17.9. The number of benzene rings is 6. The molecule has 2 nitrogen and oxygen atoms in total. The van der Waals surface area contributed by atoms with Gasteiger partial charge in [0, 0.05) is 6.92 Å². The van der Waals surface area contributed by atoms with E-state index in [1.807, 2.05) is 6.07 Å². The summed E-state index contributed by atoms with van der Waals surface area (Å²) in [6, 6.07) is 32.6. The zero-order chi connectivity index (χ0) is 20.9. The highest BCUT2D eigenvalue weighted by molar-refractivity contribution is 6.32. The SMILES string of the molecule is CC(=O)OCc1ccc2ccc3ccc4ccc5ccc6ccccc6c5c4c3c2c1. The molecule has 6 rings (SSSR count). The summed E-state index contributed by atoms with van der Waals surface area (Å²) >= 11 is 0.